The van der Waals surface area contributed by atoms with Crippen LogP contribution in [-0.4, -0.2) is 59.7 Å². The SMILES string of the molecule is COCc1nc2n(n1)CC(NC(=NCC1CCCO1)NCCc1ccco1)CC2. The van der Waals surface area contributed by atoms with E-state index in [-0.39, 0.29) is 12.1 Å². The van der Waals surface area contributed by atoms with Crippen LogP contribution in [0, 0.1) is 0 Å². The number of nitrogens with zero attached hydrogens (tertiary/aromatic N) is 4. The van der Waals surface area contributed by atoms with Gasteiger partial charge in [-0.05, 0) is 31.4 Å². The minimum absolute atomic E-state index is 0.226. The first-order valence-electron chi connectivity index (χ1n) is 10.4. The molecule has 0 spiro atoms. The van der Waals surface area contributed by atoms with Crippen LogP contribution in [-0.2, 0) is 35.5 Å². The zero-order chi connectivity index (χ0) is 19.9. The highest BCUT2D eigenvalue weighted by Gasteiger charge is 2.23. The van der Waals surface area contributed by atoms with E-state index in [1.807, 2.05) is 16.8 Å². The third kappa shape index (κ3) is 5.57. The molecule has 0 amide bonds. The number of aliphatic imine (C=N–C) groups is 1. The molecule has 1 fully saturated rings. The minimum atomic E-state index is 0.226. The van der Waals surface area contributed by atoms with Crippen molar-refractivity contribution < 1.29 is 13.9 Å². The highest BCUT2D eigenvalue weighted by Crippen LogP contribution is 2.14. The van der Waals surface area contributed by atoms with Gasteiger partial charge < -0.3 is 24.5 Å². The summed E-state index contributed by atoms with van der Waals surface area (Å²) >= 11 is 0. The van der Waals surface area contributed by atoms with Gasteiger partial charge in [0, 0.05) is 39.1 Å². The van der Waals surface area contributed by atoms with Gasteiger partial charge in [-0.2, -0.15) is 5.10 Å². The number of hydrogen-bond acceptors (Lipinski definition) is 6. The summed E-state index contributed by atoms with van der Waals surface area (Å²) < 4.78 is 18.3. The summed E-state index contributed by atoms with van der Waals surface area (Å²) in [7, 11) is 1.66. The van der Waals surface area contributed by atoms with Gasteiger partial charge >= 0.3 is 0 Å². The summed E-state index contributed by atoms with van der Waals surface area (Å²) in [6, 6.07) is 4.15. The standard InChI is InChI=1S/C20H30N6O3/c1-27-14-18-24-19-7-6-15(13-26(19)25-18)23-20(22-12-17-5-3-11-29-17)21-9-8-16-4-2-10-28-16/h2,4,10,15,17H,3,5-9,11-14H2,1H3,(H2,21,22,23). The first-order chi connectivity index (χ1) is 14.3. The van der Waals surface area contributed by atoms with E-state index < -0.39 is 0 Å². The van der Waals surface area contributed by atoms with Gasteiger partial charge in [-0.3, -0.25) is 4.99 Å². The molecule has 29 heavy (non-hydrogen) atoms. The predicted octanol–water partition coefficient (Wildman–Crippen LogP) is 1.29. The molecule has 2 unspecified atom stereocenters. The average Bonchev–Trinajstić information content (AvgIpc) is 3.47. The molecule has 158 valence electrons. The van der Waals surface area contributed by atoms with Gasteiger partial charge in [-0.25, -0.2) is 9.67 Å². The second-order valence-electron chi connectivity index (χ2n) is 7.52. The van der Waals surface area contributed by atoms with Gasteiger partial charge in [0.05, 0.1) is 25.5 Å². The Morgan fingerprint density at radius 3 is 3.17 bits per heavy atom. The molecule has 2 aliphatic rings. The molecule has 0 bridgehead atoms. The first-order valence-corrected chi connectivity index (χ1v) is 10.4. The van der Waals surface area contributed by atoms with E-state index in [4.69, 9.17) is 18.9 Å². The van der Waals surface area contributed by atoms with Crippen molar-refractivity contribution in [2.45, 2.75) is 57.4 Å². The number of ether oxygens (including phenoxy) is 2. The van der Waals surface area contributed by atoms with Gasteiger partial charge in [0.1, 0.15) is 18.2 Å². The maximum absolute atomic E-state index is 5.72. The molecule has 2 aliphatic heterocycles. The van der Waals surface area contributed by atoms with Crippen LogP contribution in [0.25, 0.3) is 0 Å². The molecule has 2 aromatic heterocycles. The van der Waals surface area contributed by atoms with Crippen LogP contribution >= 0.6 is 0 Å². The molecule has 0 aliphatic carbocycles. The summed E-state index contributed by atoms with van der Waals surface area (Å²) in [5.41, 5.74) is 0. The van der Waals surface area contributed by atoms with Gasteiger partial charge in [0.2, 0.25) is 0 Å². The van der Waals surface area contributed by atoms with E-state index in [1.54, 1.807) is 13.4 Å². The highest BCUT2D eigenvalue weighted by atomic mass is 16.5. The van der Waals surface area contributed by atoms with Crippen molar-refractivity contribution in [2.24, 2.45) is 4.99 Å². The predicted molar refractivity (Wildman–Crippen MR) is 108 cm³/mol. The van der Waals surface area contributed by atoms with Crippen LogP contribution in [0.4, 0.5) is 0 Å². The quantitative estimate of drug-likeness (QED) is 0.507. The van der Waals surface area contributed by atoms with Crippen LogP contribution in [0.1, 0.15) is 36.7 Å². The normalized spacial score (nSPS) is 21.9. The molecule has 2 atom stereocenters. The van der Waals surface area contributed by atoms with Crippen molar-refractivity contribution in [2.75, 3.05) is 26.8 Å². The van der Waals surface area contributed by atoms with E-state index in [9.17, 15) is 0 Å². The number of methoxy groups -OCH3 is 1. The van der Waals surface area contributed by atoms with Crippen LogP contribution in [0.2, 0.25) is 0 Å². The Morgan fingerprint density at radius 1 is 1.41 bits per heavy atom. The molecule has 0 aromatic carbocycles. The van der Waals surface area contributed by atoms with E-state index in [0.29, 0.717) is 13.2 Å². The Kier molecular flexibility index (Phi) is 6.79. The molecule has 9 heteroatoms. The van der Waals surface area contributed by atoms with Gasteiger partial charge in [0.15, 0.2) is 11.8 Å². The summed E-state index contributed by atoms with van der Waals surface area (Å²) in [5.74, 6) is 3.55. The lowest BCUT2D eigenvalue weighted by atomic mass is 10.1. The second kappa shape index (κ2) is 9.89. The molecule has 2 N–H and O–H groups in total. The lowest BCUT2D eigenvalue weighted by Gasteiger charge is -2.25. The number of hydrogen-bond donors (Lipinski definition) is 2. The van der Waals surface area contributed by atoms with Crippen molar-refractivity contribution in [3.05, 3.63) is 35.8 Å². The van der Waals surface area contributed by atoms with Gasteiger partial charge in [-0.15, -0.1) is 0 Å². The number of fused-ring (bicyclic) bond motifs is 1. The fraction of sp³-hybridized carbons (Fsp3) is 0.650. The summed E-state index contributed by atoms with van der Waals surface area (Å²) in [6.07, 6.45) is 6.82. The molecule has 4 heterocycles. The topological polar surface area (TPSA) is 98.7 Å². The van der Waals surface area contributed by atoms with Crippen molar-refractivity contribution in [3.8, 4) is 0 Å². The van der Waals surface area contributed by atoms with Crippen LogP contribution in [0.15, 0.2) is 27.8 Å². The molecule has 0 saturated carbocycles. The number of guanidine groups is 1. The molecule has 1 saturated heterocycles. The Morgan fingerprint density at radius 2 is 2.38 bits per heavy atom. The Labute approximate surface area is 170 Å². The number of rotatable bonds is 8. The average molecular weight is 402 g/mol. The first kappa shape index (κ1) is 19.9. The number of aryl methyl sites for hydroxylation is 1. The third-order valence-electron chi connectivity index (χ3n) is 5.24. The highest BCUT2D eigenvalue weighted by molar-refractivity contribution is 5.80. The van der Waals surface area contributed by atoms with Crippen molar-refractivity contribution in [1.29, 1.82) is 0 Å². The zero-order valence-corrected chi connectivity index (χ0v) is 17.0. The molecule has 9 nitrogen and oxygen atoms in total. The van der Waals surface area contributed by atoms with Crippen molar-refractivity contribution in [3.63, 3.8) is 0 Å². The Bertz CT molecular complexity index is 782. The monoisotopic (exact) mass is 402 g/mol. The number of aromatic nitrogens is 3. The molecule has 2 aromatic rings. The fourth-order valence-electron chi connectivity index (χ4n) is 3.75. The second-order valence-corrected chi connectivity index (χ2v) is 7.52. The van der Waals surface area contributed by atoms with E-state index in [1.165, 1.54) is 0 Å². The van der Waals surface area contributed by atoms with Gasteiger partial charge in [0.25, 0.3) is 0 Å². The lowest BCUT2D eigenvalue weighted by molar-refractivity contribution is 0.117. The van der Waals surface area contributed by atoms with Crippen molar-refractivity contribution in [1.82, 2.24) is 25.4 Å². The smallest absolute Gasteiger partial charge is 0.191 e. The van der Waals surface area contributed by atoms with E-state index in [0.717, 1.165) is 75.2 Å². The summed E-state index contributed by atoms with van der Waals surface area (Å²) in [5, 5.41) is 11.6. The maximum atomic E-state index is 5.72. The zero-order valence-electron chi connectivity index (χ0n) is 17.0. The molecule has 4 rings (SSSR count). The number of nitrogens with one attached hydrogen (secondary N) is 2. The van der Waals surface area contributed by atoms with Crippen LogP contribution in [0.3, 0.4) is 0 Å². The van der Waals surface area contributed by atoms with Gasteiger partial charge in [-0.1, -0.05) is 0 Å². The van der Waals surface area contributed by atoms with E-state index >= 15 is 0 Å². The fourth-order valence-corrected chi connectivity index (χ4v) is 3.75. The van der Waals surface area contributed by atoms with E-state index in [2.05, 4.69) is 20.7 Å². The van der Waals surface area contributed by atoms with Crippen LogP contribution in [0.5, 0.6) is 0 Å². The summed E-state index contributed by atoms with van der Waals surface area (Å²) in [4.78, 5) is 9.33. The third-order valence-corrected chi connectivity index (χ3v) is 5.24. The minimum Gasteiger partial charge on any atom is -0.469 e. The molecular weight excluding hydrogens is 372 g/mol. The van der Waals surface area contributed by atoms with Crippen molar-refractivity contribution >= 4 is 5.96 Å². The lowest BCUT2D eigenvalue weighted by Crippen LogP contribution is -2.47. The Balaban J connectivity index is 1.35. The summed E-state index contributed by atoms with van der Waals surface area (Å²) in [6.45, 7) is 3.49. The molecular formula is C20H30N6O3. The molecule has 0 radical (unpaired) electrons. The van der Waals surface area contributed by atoms with Crippen LogP contribution < -0.4 is 10.6 Å². The maximum Gasteiger partial charge on any atom is 0.191 e. The number of furan rings is 1. The largest absolute Gasteiger partial charge is 0.469 e. The Hall–Kier alpha value is -2.39.